The normalized spacial score (nSPS) is 14.7. The minimum absolute atomic E-state index is 0.113. The van der Waals surface area contributed by atoms with E-state index in [-0.39, 0.29) is 17.9 Å². The van der Waals surface area contributed by atoms with Crippen molar-refractivity contribution in [2.45, 2.75) is 26.2 Å². The molecule has 0 bridgehead atoms. The van der Waals surface area contributed by atoms with Crippen LogP contribution < -0.4 is 67.7 Å². The van der Waals surface area contributed by atoms with Gasteiger partial charge in [0.25, 0.3) is 6.71 Å². The molecule has 0 amide bonds. The summed E-state index contributed by atoms with van der Waals surface area (Å²) < 4.78 is 17.5. The van der Waals surface area contributed by atoms with Gasteiger partial charge in [-0.25, -0.2) is 4.39 Å². The lowest BCUT2D eigenvalue weighted by Crippen LogP contribution is -2.72. The lowest BCUT2D eigenvalue weighted by atomic mass is 9.33. The van der Waals surface area contributed by atoms with Crippen molar-refractivity contribution in [3.8, 4) is 22.3 Å². The number of para-hydroxylation sites is 1. The SMILES string of the molecule is CC(C)(C)c1ccc2c(c1)B1c3ccccc3N(c3ccc4c(c3)[Si](c3ccccc3)(c3ccccc3)c3ccccc3-4)c3cc(F)cc(c31)N2c1ccc2c(c1)[Si](c1ccccc1)(c1ccccc1)c1ccccc1-2. The van der Waals surface area contributed by atoms with Crippen molar-refractivity contribution in [2.24, 2.45) is 0 Å². The van der Waals surface area contributed by atoms with E-state index in [1.165, 1.54) is 80.2 Å². The fourth-order valence-electron chi connectivity index (χ4n) is 14.1. The Bertz CT molecular complexity index is 4040. The Morgan fingerprint density at radius 3 is 1.20 bits per heavy atom. The first-order chi connectivity index (χ1) is 37.3. The highest BCUT2D eigenvalue weighted by Crippen LogP contribution is 2.46. The second kappa shape index (κ2) is 16.7. The molecule has 4 heterocycles. The molecule has 0 unspecified atom stereocenters. The van der Waals surface area contributed by atoms with Gasteiger partial charge in [-0.15, -0.1) is 0 Å². The molecule has 0 saturated carbocycles. The van der Waals surface area contributed by atoms with E-state index in [4.69, 9.17) is 0 Å². The molecule has 0 atom stereocenters. The van der Waals surface area contributed by atoms with Crippen LogP contribution in [0, 0.1) is 5.82 Å². The van der Waals surface area contributed by atoms with E-state index in [2.05, 4.69) is 279 Å². The smallest absolute Gasteiger partial charge is 0.252 e. The Balaban J connectivity index is 0.998. The number of nitrogens with zero attached hydrogens (tertiary/aromatic N) is 2. The van der Waals surface area contributed by atoms with Crippen LogP contribution in [-0.4, -0.2) is 22.9 Å². The Kier molecular flexibility index (Phi) is 9.88. The lowest BCUT2D eigenvalue weighted by Gasteiger charge is -2.44. The number of rotatable bonds is 6. The molecule has 15 rings (SSSR count). The molecule has 4 aliphatic heterocycles. The standard InChI is InChI=1S/C70H52BFN2Si2/c1-70(2,3)47-36-41-62-60(42-47)71-59-32-18-19-33-61(59)73(49-37-39-57-55-30-16-20-34-65(55)75(67(57)45-49,51-22-8-4-9-23-51)52-24-10-5-11-25-52)63-43-48(72)44-64(69(63)71)74(62)50-38-40-58-56-31-17-21-35-66(56)76(68(58)46-50,53-26-12-6-13-27-53)54-28-14-7-15-29-54/h4-46H,1-3H3. The third kappa shape index (κ3) is 6.20. The summed E-state index contributed by atoms with van der Waals surface area (Å²) in [6.07, 6.45) is 0. The fourth-order valence-corrected chi connectivity index (χ4v) is 24.5. The average Bonchev–Trinajstić information content (AvgIpc) is 4.13. The number of anilines is 6. The molecule has 360 valence electrons. The highest BCUT2D eigenvalue weighted by atomic mass is 28.3. The second-order valence-corrected chi connectivity index (χ2v) is 29.5. The number of fused-ring (bicyclic) bond motifs is 10. The van der Waals surface area contributed by atoms with Gasteiger partial charge in [-0.1, -0.05) is 233 Å². The molecule has 11 aromatic rings. The van der Waals surface area contributed by atoms with Crippen molar-refractivity contribution in [3.05, 3.63) is 272 Å². The molecule has 2 nitrogen and oxygen atoms in total. The molecule has 0 aromatic heterocycles. The predicted octanol–water partition coefficient (Wildman–Crippen LogP) is 9.92. The first kappa shape index (κ1) is 44.9. The maximum atomic E-state index is 17.5. The fraction of sp³-hybridized carbons (Fsp3) is 0.0571. The van der Waals surface area contributed by atoms with Crippen LogP contribution in [0.5, 0.6) is 0 Å². The Labute approximate surface area is 447 Å². The lowest BCUT2D eigenvalue weighted by molar-refractivity contribution is 0.591. The number of halogens is 1. The van der Waals surface area contributed by atoms with E-state index in [0.29, 0.717) is 0 Å². The number of hydrogen-bond donors (Lipinski definition) is 0. The van der Waals surface area contributed by atoms with E-state index < -0.39 is 16.1 Å². The van der Waals surface area contributed by atoms with Crippen LogP contribution in [0.4, 0.5) is 38.5 Å². The van der Waals surface area contributed by atoms with Gasteiger partial charge < -0.3 is 9.80 Å². The zero-order valence-corrected chi connectivity index (χ0v) is 44.7. The maximum absolute atomic E-state index is 17.5. The molecule has 11 aromatic carbocycles. The minimum Gasteiger partial charge on any atom is -0.311 e. The minimum atomic E-state index is -2.87. The summed E-state index contributed by atoms with van der Waals surface area (Å²) in [5.41, 5.74) is 15.7. The number of hydrogen-bond acceptors (Lipinski definition) is 2. The van der Waals surface area contributed by atoms with Gasteiger partial charge in [0.2, 0.25) is 0 Å². The third-order valence-electron chi connectivity index (χ3n) is 17.2. The average molecular weight is 1010 g/mol. The molecule has 0 radical (unpaired) electrons. The summed E-state index contributed by atoms with van der Waals surface area (Å²) in [7, 11) is -5.73. The van der Waals surface area contributed by atoms with Crippen molar-refractivity contribution in [3.63, 3.8) is 0 Å². The van der Waals surface area contributed by atoms with Gasteiger partial charge in [0.1, 0.15) is 5.82 Å². The molecule has 76 heavy (non-hydrogen) atoms. The van der Waals surface area contributed by atoms with Gasteiger partial charge in [0, 0.05) is 34.1 Å². The highest BCUT2D eigenvalue weighted by Gasteiger charge is 2.52. The zero-order chi connectivity index (χ0) is 50.9. The summed E-state index contributed by atoms with van der Waals surface area (Å²) in [6, 6.07) is 96.7. The first-order valence-electron chi connectivity index (χ1n) is 26.6. The van der Waals surface area contributed by atoms with Crippen LogP contribution in [0.25, 0.3) is 22.3 Å². The third-order valence-corrected chi connectivity index (χ3v) is 26.9. The van der Waals surface area contributed by atoms with Gasteiger partial charge in [-0.2, -0.15) is 0 Å². The van der Waals surface area contributed by atoms with Gasteiger partial charge in [0.05, 0.1) is 0 Å². The van der Waals surface area contributed by atoms with Gasteiger partial charge in [-0.05, 0) is 140 Å². The van der Waals surface area contributed by atoms with Crippen molar-refractivity contribution >= 4 is 115 Å². The quantitative estimate of drug-likeness (QED) is 0.153. The Hall–Kier alpha value is -8.55. The Morgan fingerprint density at radius 1 is 0.342 bits per heavy atom. The van der Waals surface area contributed by atoms with Crippen molar-refractivity contribution in [2.75, 3.05) is 9.80 Å². The summed E-state index contributed by atoms with van der Waals surface area (Å²) in [5, 5.41) is 10.9. The molecule has 6 heteroatoms. The molecule has 4 aliphatic rings. The predicted molar refractivity (Wildman–Crippen MR) is 324 cm³/mol. The van der Waals surface area contributed by atoms with Crippen LogP contribution in [0.3, 0.4) is 0 Å². The van der Waals surface area contributed by atoms with Crippen LogP contribution >= 0.6 is 0 Å². The van der Waals surface area contributed by atoms with Crippen molar-refractivity contribution in [1.29, 1.82) is 0 Å². The number of benzene rings is 11. The van der Waals surface area contributed by atoms with Crippen molar-refractivity contribution in [1.82, 2.24) is 0 Å². The molecule has 0 aliphatic carbocycles. The Morgan fingerprint density at radius 2 is 0.737 bits per heavy atom. The summed E-state index contributed by atoms with van der Waals surface area (Å²) in [6.45, 7) is 6.75. The largest absolute Gasteiger partial charge is 0.311 e. The first-order valence-corrected chi connectivity index (χ1v) is 30.6. The summed E-state index contributed by atoms with van der Waals surface area (Å²) >= 11 is 0. The van der Waals surface area contributed by atoms with Crippen LogP contribution in [0.2, 0.25) is 0 Å². The van der Waals surface area contributed by atoms with Crippen LogP contribution in [-0.2, 0) is 5.41 Å². The molecule has 0 fully saturated rings. The molecule has 0 N–H and O–H groups in total. The van der Waals surface area contributed by atoms with E-state index >= 15 is 4.39 Å². The van der Waals surface area contributed by atoms with Gasteiger partial charge in [0.15, 0.2) is 16.1 Å². The summed E-state index contributed by atoms with van der Waals surface area (Å²) in [5.74, 6) is -0.270. The topological polar surface area (TPSA) is 6.48 Å². The van der Waals surface area contributed by atoms with E-state index in [9.17, 15) is 0 Å². The van der Waals surface area contributed by atoms with Crippen molar-refractivity contribution < 1.29 is 4.39 Å². The zero-order valence-electron chi connectivity index (χ0n) is 42.7. The second-order valence-electron chi connectivity index (χ2n) is 22.1. The highest BCUT2D eigenvalue weighted by molar-refractivity contribution is 7.23. The molecular formula is C70H52BFN2Si2. The van der Waals surface area contributed by atoms with E-state index in [1.807, 2.05) is 12.1 Å². The van der Waals surface area contributed by atoms with E-state index in [0.717, 1.165) is 39.6 Å². The van der Waals surface area contributed by atoms with Gasteiger partial charge in [-0.3, -0.25) is 0 Å². The van der Waals surface area contributed by atoms with Gasteiger partial charge >= 0.3 is 0 Å². The summed E-state index contributed by atoms with van der Waals surface area (Å²) in [4.78, 5) is 4.78. The maximum Gasteiger partial charge on any atom is 0.252 e. The van der Waals surface area contributed by atoms with Crippen LogP contribution in [0.15, 0.2) is 261 Å². The molecule has 0 saturated heterocycles. The molecule has 0 spiro atoms. The van der Waals surface area contributed by atoms with Crippen LogP contribution in [0.1, 0.15) is 26.3 Å². The molecular weight excluding hydrogens is 955 g/mol. The monoisotopic (exact) mass is 1010 g/mol. The van der Waals surface area contributed by atoms with E-state index in [1.54, 1.807) is 0 Å².